The summed E-state index contributed by atoms with van der Waals surface area (Å²) < 4.78 is 6.39. The smallest absolute Gasteiger partial charge is 0.339 e. The maximum Gasteiger partial charge on any atom is 0.339 e. The van der Waals surface area contributed by atoms with Gasteiger partial charge in [0.25, 0.3) is 0 Å². The van der Waals surface area contributed by atoms with E-state index in [2.05, 4.69) is 11.3 Å². The molecule has 1 rings (SSSR count). The Kier molecular flexibility index (Phi) is 3.20. The number of methoxy groups -OCH3 is 1. The molecular weight excluding hydrogens is 166 g/mol. The molecule has 0 aliphatic rings. The molecule has 1 aromatic heterocycles. The quantitative estimate of drug-likeness (QED) is 0.387. The monoisotopic (exact) mass is 178 g/mol. The molecule has 68 valence electrons. The molecule has 0 N–H and O–H groups in total. The van der Waals surface area contributed by atoms with Crippen molar-refractivity contribution in [3.63, 3.8) is 0 Å². The molecule has 0 unspecified atom stereocenters. The van der Waals surface area contributed by atoms with Crippen molar-refractivity contribution in [2.24, 2.45) is 0 Å². The van der Waals surface area contributed by atoms with Gasteiger partial charge < -0.3 is 4.74 Å². The minimum absolute atomic E-state index is 0.364. The highest BCUT2D eigenvalue weighted by molar-refractivity contribution is 5.87. The summed E-state index contributed by atoms with van der Waals surface area (Å²) in [6.07, 6.45) is 3.74. The molecule has 0 aliphatic carbocycles. The third-order valence-corrected chi connectivity index (χ3v) is 1.62. The van der Waals surface area contributed by atoms with Gasteiger partial charge in [0.2, 0.25) is 0 Å². The highest BCUT2D eigenvalue weighted by atomic mass is 16.5. The molecule has 3 heteroatoms. The fourth-order valence-electron chi connectivity index (χ4n) is 0.969. The molecule has 1 heterocycles. The molecule has 0 fully saturated rings. The van der Waals surface area contributed by atoms with Crippen LogP contribution in [0.3, 0.4) is 0 Å². The number of hydrogen-bond donors (Lipinski definition) is 0. The average Bonchev–Trinajstić information content (AvgIpc) is 2.18. The van der Waals surface area contributed by atoms with E-state index in [1.54, 1.807) is 0 Å². The summed E-state index contributed by atoms with van der Waals surface area (Å²) in [6.45, 7) is 4.09. The van der Waals surface area contributed by atoms with Crippen LogP contribution >= 0.6 is 0 Å². The first-order chi connectivity index (χ1) is 6.24. The lowest BCUT2D eigenvalue weighted by Gasteiger charge is -1.98. The van der Waals surface area contributed by atoms with Crippen LogP contribution in [0.15, 0.2) is 42.7 Å². The molecular formula is C10H12NO2+. The zero-order valence-electron chi connectivity index (χ0n) is 7.56. The Morgan fingerprint density at radius 1 is 1.38 bits per heavy atom. The van der Waals surface area contributed by atoms with Crippen molar-refractivity contribution in [2.45, 2.75) is 6.54 Å². The summed E-state index contributed by atoms with van der Waals surface area (Å²) in [7, 11) is 1.35. The summed E-state index contributed by atoms with van der Waals surface area (Å²) in [5, 5.41) is 0. The molecule has 0 aliphatic heterocycles. The van der Waals surface area contributed by atoms with Crippen LogP contribution in [0, 0.1) is 0 Å². The molecule has 0 saturated carbocycles. The number of nitrogens with zero attached hydrogens (tertiary/aromatic N) is 1. The minimum atomic E-state index is -0.364. The van der Waals surface area contributed by atoms with E-state index in [0.717, 1.165) is 0 Å². The zero-order valence-corrected chi connectivity index (χ0v) is 7.56. The maximum atomic E-state index is 11.0. The summed E-state index contributed by atoms with van der Waals surface area (Å²) in [5.74, 6) is -0.364. The van der Waals surface area contributed by atoms with Crippen molar-refractivity contribution in [3.05, 3.63) is 42.7 Å². The van der Waals surface area contributed by atoms with Crippen molar-refractivity contribution in [2.75, 3.05) is 7.11 Å². The molecule has 0 atom stereocenters. The highest BCUT2D eigenvalue weighted by Gasteiger charge is 2.10. The van der Waals surface area contributed by atoms with Crippen LogP contribution in [0.25, 0.3) is 0 Å². The van der Waals surface area contributed by atoms with Crippen LogP contribution in [0.5, 0.6) is 0 Å². The van der Waals surface area contributed by atoms with Gasteiger partial charge >= 0.3 is 5.97 Å². The van der Waals surface area contributed by atoms with E-state index in [4.69, 9.17) is 0 Å². The predicted octanol–water partition coefficient (Wildman–Crippen LogP) is 0.703. The van der Waals surface area contributed by atoms with Crippen LogP contribution in [0.2, 0.25) is 0 Å². The van der Waals surface area contributed by atoms with E-state index in [9.17, 15) is 4.79 Å². The van der Waals surface area contributed by atoms with Crippen LogP contribution in [0.1, 0.15) is 0 Å². The fraction of sp³-hybridized carbons (Fsp3) is 0.200. The molecule has 0 saturated heterocycles. The van der Waals surface area contributed by atoms with Gasteiger partial charge in [0, 0.05) is 12.1 Å². The molecule has 1 aromatic rings. The largest absolute Gasteiger partial charge is 0.465 e. The number of ether oxygens (including phenoxy) is 1. The number of carbonyl (C=O) groups is 1. The van der Waals surface area contributed by atoms with Crippen molar-refractivity contribution >= 4 is 5.97 Å². The topological polar surface area (TPSA) is 30.2 Å². The number of aromatic nitrogens is 1. The van der Waals surface area contributed by atoms with Crippen LogP contribution in [-0.2, 0) is 16.1 Å². The number of pyridine rings is 1. The van der Waals surface area contributed by atoms with Crippen LogP contribution in [-0.4, -0.2) is 13.1 Å². The third kappa shape index (κ3) is 2.71. The molecule has 3 nitrogen and oxygen atoms in total. The first-order valence-corrected chi connectivity index (χ1v) is 3.94. The molecule has 0 amide bonds. The normalized spacial score (nSPS) is 9.31. The average molecular weight is 178 g/mol. The van der Waals surface area contributed by atoms with E-state index in [1.807, 2.05) is 35.2 Å². The van der Waals surface area contributed by atoms with Crippen molar-refractivity contribution in [1.29, 1.82) is 0 Å². The van der Waals surface area contributed by atoms with E-state index >= 15 is 0 Å². The van der Waals surface area contributed by atoms with E-state index in [0.29, 0.717) is 12.1 Å². The van der Waals surface area contributed by atoms with E-state index < -0.39 is 0 Å². The molecule has 0 bridgehead atoms. The molecule has 0 spiro atoms. The lowest BCUT2D eigenvalue weighted by molar-refractivity contribution is -0.688. The second-order valence-electron chi connectivity index (χ2n) is 2.64. The Bertz CT molecular complexity index is 306. The summed E-state index contributed by atoms with van der Waals surface area (Å²) in [6, 6.07) is 5.70. The Morgan fingerprint density at radius 2 is 2.00 bits per heavy atom. The summed E-state index contributed by atoms with van der Waals surface area (Å²) >= 11 is 0. The number of carbonyl (C=O) groups excluding carboxylic acids is 1. The second-order valence-corrected chi connectivity index (χ2v) is 2.64. The first kappa shape index (κ1) is 9.45. The molecule has 0 radical (unpaired) electrons. The summed E-state index contributed by atoms with van der Waals surface area (Å²) in [4.78, 5) is 11.0. The van der Waals surface area contributed by atoms with Gasteiger partial charge in [-0.25, -0.2) is 9.36 Å². The van der Waals surface area contributed by atoms with Gasteiger partial charge in [-0.3, -0.25) is 0 Å². The SMILES string of the molecule is C=C(C[n+]1ccccc1)C(=O)OC. The van der Waals surface area contributed by atoms with Crippen LogP contribution in [0.4, 0.5) is 0 Å². The van der Waals surface area contributed by atoms with Gasteiger partial charge in [0.1, 0.15) is 0 Å². The second kappa shape index (κ2) is 4.40. The van der Waals surface area contributed by atoms with E-state index in [-0.39, 0.29) is 5.97 Å². The number of hydrogen-bond acceptors (Lipinski definition) is 2. The lowest BCUT2D eigenvalue weighted by Crippen LogP contribution is -2.34. The van der Waals surface area contributed by atoms with Gasteiger partial charge in [-0.1, -0.05) is 12.6 Å². The highest BCUT2D eigenvalue weighted by Crippen LogP contribution is 1.92. The summed E-state index contributed by atoms with van der Waals surface area (Å²) in [5.41, 5.74) is 0.443. The molecule has 0 aromatic carbocycles. The number of rotatable bonds is 3. The lowest BCUT2D eigenvalue weighted by atomic mass is 10.3. The Hall–Kier alpha value is -1.64. The van der Waals surface area contributed by atoms with E-state index in [1.165, 1.54) is 7.11 Å². The van der Waals surface area contributed by atoms with Gasteiger partial charge in [0.05, 0.1) is 12.7 Å². The minimum Gasteiger partial charge on any atom is -0.465 e. The van der Waals surface area contributed by atoms with Crippen LogP contribution < -0.4 is 4.57 Å². The van der Waals surface area contributed by atoms with Crippen molar-refractivity contribution < 1.29 is 14.1 Å². The van der Waals surface area contributed by atoms with Gasteiger partial charge in [0.15, 0.2) is 18.9 Å². The Labute approximate surface area is 77.3 Å². The number of esters is 1. The van der Waals surface area contributed by atoms with Crippen molar-refractivity contribution in [3.8, 4) is 0 Å². The standard InChI is InChI=1S/C10H12NO2/c1-9(10(12)13-2)8-11-6-4-3-5-7-11/h3-7H,1,8H2,2H3/q+1. The predicted molar refractivity (Wildman–Crippen MR) is 47.8 cm³/mol. The van der Waals surface area contributed by atoms with Crippen molar-refractivity contribution in [1.82, 2.24) is 0 Å². The fourth-order valence-corrected chi connectivity index (χ4v) is 0.969. The van der Waals surface area contributed by atoms with Gasteiger partial charge in [-0.2, -0.15) is 0 Å². The Morgan fingerprint density at radius 3 is 2.54 bits per heavy atom. The molecule has 13 heavy (non-hydrogen) atoms. The Balaban J connectivity index is 2.60. The zero-order chi connectivity index (χ0) is 9.68. The first-order valence-electron chi connectivity index (χ1n) is 3.94. The van der Waals surface area contributed by atoms with Gasteiger partial charge in [-0.05, 0) is 0 Å². The van der Waals surface area contributed by atoms with Gasteiger partial charge in [-0.15, -0.1) is 0 Å². The maximum absolute atomic E-state index is 11.0. The third-order valence-electron chi connectivity index (χ3n) is 1.62.